The molecule has 158 valence electrons. The van der Waals surface area contributed by atoms with E-state index in [1.54, 1.807) is 0 Å². The van der Waals surface area contributed by atoms with Crippen molar-refractivity contribution in [3.8, 4) is 0 Å². The average Bonchev–Trinajstić information content (AvgIpc) is 3.39. The van der Waals surface area contributed by atoms with Crippen LogP contribution >= 0.6 is 0 Å². The number of guanidine groups is 1. The Labute approximate surface area is 174 Å². The highest BCUT2D eigenvalue weighted by atomic mass is 16.5. The third kappa shape index (κ3) is 6.85. The number of aromatic nitrogens is 2. The fraction of sp³-hybridized carbons (Fsp3) is 0.591. The van der Waals surface area contributed by atoms with E-state index in [0.717, 1.165) is 24.9 Å². The number of nitrogens with zero attached hydrogens (tertiary/aromatic N) is 4. The summed E-state index contributed by atoms with van der Waals surface area (Å²) >= 11 is 0. The minimum atomic E-state index is 0.279. The van der Waals surface area contributed by atoms with Gasteiger partial charge in [-0.25, -0.2) is 4.99 Å². The summed E-state index contributed by atoms with van der Waals surface area (Å²) in [6.07, 6.45) is 3.34. The van der Waals surface area contributed by atoms with Gasteiger partial charge in [-0.2, -0.15) is 4.98 Å². The first kappa shape index (κ1) is 21.3. The van der Waals surface area contributed by atoms with Crippen LogP contribution in [0, 0.1) is 0 Å². The summed E-state index contributed by atoms with van der Waals surface area (Å²) in [6.45, 7) is 11.9. The molecule has 1 fully saturated rings. The Hall–Kier alpha value is -2.41. The summed E-state index contributed by atoms with van der Waals surface area (Å²) in [6, 6.07) is 8.82. The van der Waals surface area contributed by atoms with Crippen LogP contribution in [0.5, 0.6) is 0 Å². The molecule has 0 spiro atoms. The van der Waals surface area contributed by atoms with Crippen molar-refractivity contribution < 1.29 is 4.52 Å². The molecule has 0 radical (unpaired) electrons. The van der Waals surface area contributed by atoms with E-state index in [4.69, 9.17) is 9.52 Å². The van der Waals surface area contributed by atoms with Crippen LogP contribution in [-0.4, -0.2) is 47.2 Å². The quantitative estimate of drug-likeness (QED) is 0.499. The van der Waals surface area contributed by atoms with Crippen LogP contribution in [0.4, 0.5) is 0 Å². The number of aliphatic imine (C=N–C) groups is 1. The third-order valence-corrected chi connectivity index (χ3v) is 5.02. The minimum absolute atomic E-state index is 0.279. The number of rotatable bonds is 9. The monoisotopic (exact) mass is 398 g/mol. The molecule has 7 heteroatoms. The Balaban J connectivity index is 1.47. The zero-order valence-electron chi connectivity index (χ0n) is 17.9. The Morgan fingerprint density at radius 1 is 1.14 bits per heavy atom. The van der Waals surface area contributed by atoms with E-state index in [2.05, 4.69) is 70.7 Å². The number of hydrogen-bond acceptors (Lipinski definition) is 5. The fourth-order valence-corrected chi connectivity index (χ4v) is 3.35. The minimum Gasteiger partial charge on any atom is -0.357 e. The van der Waals surface area contributed by atoms with Crippen LogP contribution in [0.15, 0.2) is 33.8 Å². The first-order valence-corrected chi connectivity index (χ1v) is 10.8. The lowest BCUT2D eigenvalue weighted by atomic mass is 10.1. The second-order valence-electron chi connectivity index (χ2n) is 7.87. The molecule has 0 saturated carbocycles. The van der Waals surface area contributed by atoms with Crippen LogP contribution < -0.4 is 10.6 Å². The molecule has 2 aromatic rings. The standard InChI is InChI=1S/C22H34N6O/c1-4-23-22(24-12-11-20-26-21(17(2)3)27-29-20)25-15-18-7-9-19(10-8-18)16-28-13-5-6-14-28/h7-10,17H,4-6,11-16H2,1-3H3,(H2,23,24,25). The molecule has 1 aromatic carbocycles. The number of benzene rings is 1. The molecule has 0 unspecified atom stereocenters. The first-order chi connectivity index (χ1) is 14.1. The van der Waals surface area contributed by atoms with Crippen LogP contribution in [0.1, 0.15) is 62.4 Å². The topological polar surface area (TPSA) is 78.6 Å². The molecule has 1 aromatic heterocycles. The maximum atomic E-state index is 5.29. The summed E-state index contributed by atoms with van der Waals surface area (Å²) in [4.78, 5) is 11.6. The first-order valence-electron chi connectivity index (χ1n) is 10.8. The maximum Gasteiger partial charge on any atom is 0.228 e. The lowest BCUT2D eigenvalue weighted by Gasteiger charge is -2.14. The predicted molar refractivity (Wildman–Crippen MR) is 116 cm³/mol. The van der Waals surface area contributed by atoms with Gasteiger partial charge in [-0.1, -0.05) is 43.3 Å². The Kier molecular flexibility index (Phi) is 8.04. The Morgan fingerprint density at radius 2 is 1.86 bits per heavy atom. The van der Waals surface area contributed by atoms with Crippen molar-refractivity contribution in [3.05, 3.63) is 47.1 Å². The summed E-state index contributed by atoms with van der Waals surface area (Å²) in [5.41, 5.74) is 2.59. The van der Waals surface area contributed by atoms with Gasteiger partial charge < -0.3 is 15.2 Å². The number of likely N-dealkylation sites (tertiary alicyclic amines) is 1. The lowest BCUT2D eigenvalue weighted by Crippen LogP contribution is -2.38. The van der Waals surface area contributed by atoms with Gasteiger partial charge in [0.05, 0.1) is 6.54 Å². The molecule has 0 atom stereocenters. The molecule has 1 aliphatic rings. The highest BCUT2D eigenvalue weighted by Crippen LogP contribution is 2.14. The van der Waals surface area contributed by atoms with E-state index in [1.165, 1.54) is 37.1 Å². The van der Waals surface area contributed by atoms with Gasteiger partial charge in [-0.05, 0) is 44.0 Å². The van der Waals surface area contributed by atoms with E-state index in [9.17, 15) is 0 Å². The van der Waals surface area contributed by atoms with Gasteiger partial charge >= 0.3 is 0 Å². The molecule has 1 aliphatic heterocycles. The second kappa shape index (κ2) is 11.0. The van der Waals surface area contributed by atoms with E-state index in [1.807, 2.05) is 0 Å². The highest BCUT2D eigenvalue weighted by molar-refractivity contribution is 5.79. The van der Waals surface area contributed by atoms with Gasteiger partial charge in [0.25, 0.3) is 0 Å². The summed E-state index contributed by atoms with van der Waals surface area (Å²) < 4.78 is 5.29. The van der Waals surface area contributed by atoms with Gasteiger partial charge in [-0.15, -0.1) is 0 Å². The smallest absolute Gasteiger partial charge is 0.228 e. The maximum absolute atomic E-state index is 5.29. The molecule has 2 N–H and O–H groups in total. The van der Waals surface area contributed by atoms with Crippen molar-refractivity contribution in [2.24, 2.45) is 4.99 Å². The van der Waals surface area contributed by atoms with Crippen molar-refractivity contribution in [3.63, 3.8) is 0 Å². The largest absolute Gasteiger partial charge is 0.357 e. The van der Waals surface area contributed by atoms with Crippen LogP contribution in [0.25, 0.3) is 0 Å². The highest BCUT2D eigenvalue weighted by Gasteiger charge is 2.11. The number of hydrogen-bond donors (Lipinski definition) is 2. The zero-order valence-corrected chi connectivity index (χ0v) is 17.9. The van der Waals surface area contributed by atoms with Gasteiger partial charge in [0, 0.05) is 32.0 Å². The summed E-state index contributed by atoms with van der Waals surface area (Å²) in [5, 5.41) is 10.6. The van der Waals surface area contributed by atoms with Crippen molar-refractivity contribution in [2.45, 2.75) is 59.0 Å². The molecule has 7 nitrogen and oxygen atoms in total. The fourth-order valence-electron chi connectivity index (χ4n) is 3.35. The molecule has 29 heavy (non-hydrogen) atoms. The SMILES string of the molecule is CCNC(=NCc1ccc(CN2CCCC2)cc1)NCCc1nc(C(C)C)no1. The Morgan fingerprint density at radius 3 is 2.52 bits per heavy atom. The van der Waals surface area contributed by atoms with Gasteiger partial charge in [0.2, 0.25) is 5.89 Å². The average molecular weight is 399 g/mol. The van der Waals surface area contributed by atoms with Crippen molar-refractivity contribution in [1.82, 2.24) is 25.7 Å². The lowest BCUT2D eigenvalue weighted by molar-refractivity contribution is 0.331. The van der Waals surface area contributed by atoms with E-state index < -0.39 is 0 Å². The third-order valence-electron chi connectivity index (χ3n) is 5.02. The summed E-state index contributed by atoms with van der Waals surface area (Å²) in [5.74, 6) is 2.50. The van der Waals surface area contributed by atoms with Crippen molar-refractivity contribution >= 4 is 5.96 Å². The van der Waals surface area contributed by atoms with Crippen LogP contribution in [-0.2, 0) is 19.5 Å². The second-order valence-corrected chi connectivity index (χ2v) is 7.87. The molecule has 0 aliphatic carbocycles. The summed E-state index contributed by atoms with van der Waals surface area (Å²) in [7, 11) is 0. The molecule has 0 bridgehead atoms. The normalized spacial score (nSPS) is 15.2. The molecule has 0 amide bonds. The van der Waals surface area contributed by atoms with Gasteiger partial charge in [0.1, 0.15) is 0 Å². The van der Waals surface area contributed by atoms with Crippen molar-refractivity contribution in [1.29, 1.82) is 0 Å². The van der Waals surface area contributed by atoms with Crippen LogP contribution in [0.2, 0.25) is 0 Å². The molecule has 3 rings (SSSR count). The van der Waals surface area contributed by atoms with Crippen molar-refractivity contribution in [2.75, 3.05) is 26.2 Å². The van der Waals surface area contributed by atoms with Crippen LogP contribution in [0.3, 0.4) is 0 Å². The Bertz CT molecular complexity index is 762. The molecule has 2 heterocycles. The number of nitrogens with one attached hydrogen (secondary N) is 2. The molecule has 1 saturated heterocycles. The molecular formula is C22H34N6O. The van der Waals surface area contributed by atoms with E-state index >= 15 is 0 Å². The molecular weight excluding hydrogens is 364 g/mol. The predicted octanol–water partition coefficient (Wildman–Crippen LogP) is 3.09. The van der Waals surface area contributed by atoms with Gasteiger partial charge in [-0.3, -0.25) is 4.90 Å². The van der Waals surface area contributed by atoms with E-state index in [-0.39, 0.29) is 5.92 Å². The van der Waals surface area contributed by atoms with Gasteiger partial charge in [0.15, 0.2) is 11.8 Å². The van der Waals surface area contributed by atoms with E-state index in [0.29, 0.717) is 25.4 Å². The zero-order chi connectivity index (χ0) is 20.5.